The molecule has 0 amide bonds. The minimum absolute atomic E-state index is 0.0307. The molecule has 9 nitrogen and oxygen atoms in total. The second kappa shape index (κ2) is 8.13. The second-order valence-corrected chi connectivity index (χ2v) is 6.91. The molecule has 10 heteroatoms. The van der Waals surface area contributed by atoms with Gasteiger partial charge in [0.05, 0.1) is 45.5 Å². The quantitative estimate of drug-likeness (QED) is 0.588. The molecule has 0 fully saturated rings. The molecule has 0 spiro atoms. The summed E-state index contributed by atoms with van der Waals surface area (Å²) >= 11 is 0. The first kappa shape index (κ1) is 19.9. The maximum atomic E-state index is 13.9. The van der Waals surface area contributed by atoms with Crippen LogP contribution in [0.4, 0.5) is 10.2 Å². The molecule has 158 valence electrons. The highest BCUT2D eigenvalue weighted by Gasteiger charge is 2.28. The summed E-state index contributed by atoms with van der Waals surface area (Å²) in [5, 5.41) is 4.20. The highest BCUT2D eigenvalue weighted by atomic mass is 19.1. The predicted octanol–water partition coefficient (Wildman–Crippen LogP) is 2.63. The van der Waals surface area contributed by atoms with Crippen LogP contribution in [0.1, 0.15) is 36.2 Å². The molecule has 0 radical (unpaired) electrons. The largest absolute Gasteiger partial charge is 0.488 e. The maximum Gasteiger partial charge on any atom is 0.343 e. The number of aromatic nitrogens is 4. The van der Waals surface area contributed by atoms with E-state index in [0.29, 0.717) is 41.8 Å². The number of carbonyl (C=O) groups excluding carboxylic acids is 1. The number of methoxy groups -OCH3 is 1. The number of fused-ring (bicyclic) bond motifs is 2. The number of carbonyl (C=O) groups is 1. The molecule has 3 aromatic rings. The van der Waals surface area contributed by atoms with Gasteiger partial charge in [-0.15, -0.1) is 0 Å². The zero-order valence-corrected chi connectivity index (χ0v) is 17.0. The van der Waals surface area contributed by atoms with Gasteiger partial charge in [-0.25, -0.2) is 23.7 Å². The molecule has 0 saturated carbocycles. The van der Waals surface area contributed by atoms with Gasteiger partial charge in [-0.05, 0) is 19.9 Å². The first-order valence-corrected chi connectivity index (χ1v) is 9.65. The van der Waals surface area contributed by atoms with Crippen LogP contribution in [0.3, 0.4) is 0 Å². The van der Waals surface area contributed by atoms with Gasteiger partial charge >= 0.3 is 5.97 Å². The molecule has 3 aromatic heterocycles. The summed E-state index contributed by atoms with van der Waals surface area (Å²) in [5.41, 5.74) is 1.21. The molecule has 30 heavy (non-hydrogen) atoms. The molecule has 1 atom stereocenters. The van der Waals surface area contributed by atoms with E-state index in [1.165, 1.54) is 23.9 Å². The van der Waals surface area contributed by atoms with Crippen LogP contribution < -0.4 is 14.4 Å². The van der Waals surface area contributed by atoms with Crippen molar-refractivity contribution in [3.8, 4) is 11.6 Å². The Labute approximate surface area is 172 Å². The fraction of sp³-hybridized carbons (Fsp3) is 0.400. The lowest BCUT2D eigenvalue weighted by atomic mass is 10.1. The highest BCUT2D eigenvalue weighted by Crippen LogP contribution is 2.34. The fourth-order valence-electron chi connectivity index (χ4n) is 3.43. The van der Waals surface area contributed by atoms with Gasteiger partial charge in [0, 0.05) is 18.0 Å². The number of hydrogen-bond donors (Lipinski definition) is 0. The molecular weight excluding hydrogens is 393 g/mol. The minimum Gasteiger partial charge on any atom is -0.488 e. The number of esters is 1. The molecule has 0 bridgehead atoms. The Balaban J connectivity index is 1.81. The van der Waals surface area contributed by atoms with Crippen molar-refractivity contribution in [1.82, 2.24) is 19.6 Å². The van der Waals surface area contributed by atoms with Crippen molar-refractivity contribution in [3.63, 3.8) is 0 Å². The lowest BCUT2D eigenvalue weighted by Gasteiger charge is -2.29. The van der Waals surface area contributed by atoms with Crippen LogP contribution in [0.25, 0.3) is 5.65 Å². The van der Waals surface area contributed by atoms with Crippen molar-refractivity contribution < 1.29 is 23.4 Å². The molecule has 1 aliphatic rings. The van der Waals surface area contributed by atoms with Gasteiger partial charge in [0.25, 0.3) is 0 Å². The predicted molar refractivity (Wildman–Crippen MR) is 105 cm³/mol. The average Bonchev–Trinajstić information content (AvgIpc) is 3.08. The van der Waals surface area contributed by atoms with Gasteiger partial charge in [0.2, 0.25) is 5.88 Å². The topological polar surface area (TPSA) is 91.1 Å². The first-order valence-electron chi connectivity index (χ1n) is 9.65. The third kappa shape index (κ3) is 3.60. The van der Waals surface area contributed by atoms with E-state index >= 15 is 0 Å². The molecule has 0 saturated heterocycles. The van der Waals surface area contributed by atoms with Crippen LogP contribution in [-0.4, -0.2) is 51.9 Å². The molecule has 0 aliphatic carbocycles. The van der Waals surface area contributed by atoms with Crippen LogP contribution in [-0.2, 0) is 11.3 Å². The van der Waals surface area contributed by atoms with Crippen LogP contribution in [0.5, 0.6) is 11.6 Å². The Kier molecular flexibility index (Phi) is 5.39. The zero-order chi connectivity index (χ0) is 21.3. The molecule has 4 heterocycles. The standard InChI is InChI=1S/C20H22FN5O4/c1-4-29-20(27)15-9-23-26-11-16-18(24-17(15)26)25(12(2)5-6-30-16)10-13-7-14(21)8-22-19(13)28-3/h7-9,11-12H,4-6,10H2,1-3H3/t12-/m1/s1. The fourth-order valence-corrected chi connectivity index (χ4v) is 3.43. The zero-order valence-electron chi connectivity index (χ0n) is 17.0. The molecule has 0 unspecified atom stereocenters. The van der Waals surface area contributed by atoms with E-state index in [0.717, 1.165) is 12.6 Å². The summed E-state index contributed by atoms with van der Waals surface area (Å²) in [7, 11) is 1.49. The highest BCUT2D eigenvalue weighted by molar-refractivity contribution is 5.95. The number of pyridine rings is 1. The van der Waals surface area contributed by atoms with Crippen LogP contribution in [0.15, 0.2) is 24.7 Å². The van der Waals surface area contributed by atoms with E-state index in [2.05, 4.69) is 10.1 Å². The van der Waals surface area contributed by atoms with Crippen molar-refractivity contribution in [1.29, 1.82) is 0 Å². The van der Waals surface area contributed by atoms with Gasteiger partial charge < -0.3 is 19.1 Å². The van der Waals surface area contributed by atoms with Crippen molar-refractivity contribution in [2.45, 2.75) is 32.9 Å². The summed E-state index contributed by atoms with van der Waals surface area (Å²) in [6, 6.07) is 1.42. The number of rotatable bonds is 5. The van der Waals surface area contributed by atoms with Gasteiger partial charge in [-0.1, -0.05) is 0 Å². The van der Waals surface area contributed by atoms with E-state index in [4.69, 9.17) is 19.2 Å². The lowest BCUT2D eigenvalue weighted by Crippen LogP contribution is -2.33. The van der Waals surface area contributed by atoms with Gasteiger partial charge in [0.15, 0.2) is 17.2 Å². The van der Waals surface area contributed by atoms with E-state index in [-0.39, 0.29) is 18.2 Å². The number of ether oxygens (including phenoxy) is 3. The Morgan fingerprint density at radius 1 is 1.40 bits per heavy atom. The number of anilines is 1. The lowest BCUT2D eigenvalue weighted by molar-refractivity contribution is 0.0528. The monoisotopic (exact) mass is 415 g/mol. The first-order chi connectivity index (χ1) is 14.5. The molecule has 4 rings (SSSR count). The maximum absolute atomic E-state index is 13.9. The van der Waals surface area contributed by atoms with E-state index < -0.39 is 11.8 Å². The Hall–Kier alpha value is -3.43. The molecular formula is C20H22FN5O4. The van der Waals surface area contributed by atoms with Crippen molar-refractivity contribution in [2.24, 2.45) is 0 Å². The average molecular weight is 415 g/mol. The summed E-state index contributed by atoms with van der Waals surface area (Å²) in [4.78, 5) is 23.0. The third-order valence-electron chi connectivity index (χ3n) is 4.96. The molecule has 1 aliphatic heterocycles. The summed E-state index contributed by atoms with van der Waals surface area (Å²) in [5.74, 6) is 0.449. The van der Waals surface area contributed by atoms with Crippen molar-refractivity contribution in [3.05, 3.63) is 41.6 Å². The van der Waals surface area contributed by atoms with E-state index in [9.17, 15) is 9.18 Å². The van der Waals surface area contributed by atoms with E-state index in [1.54, 1.807) is 13.1 Å². The van der Waals surface area contributed by atoms with Crippen LogP contribution in [0.2, 0.25) is 0 Å². The van der Waals surface area contributed by atoms with Crippen molar-refractivity contribution in [2.75, 3.05) is 25.2 Å². The Morgan fingerprint density at radius 2 is 2.23 bits per heavy atom. The number of hydrogen-bond acceptors (Lipinski definition) is 8. The summed E-state index contributed by atoms with van der Waals surface area (Å²) in [6.45, 7) is 4.81. The van der Waals surface area contributed by atoms with E-state index in [1.807, 2.05) is 11.8 Å². The SMILES string of the molecule is CCOC(=O)c1cnn2cc3c(nc12)N(Cc1cc(F)cnc1OC)[C@H](C)CCO3. The normalized spacial score (nSPS) is 16.0. The Morgan fingerprint density at radius 3 is 3.00 bits per heavy atom. The smallest absolute Gasteiger partial charge is 0.343 e. The number of nitrogens with zero attached hydrogens (tertiary/aromatic N) is 5. The van der Waals surface area contributed by atoms with Gasteiger partial charge in [-0.2, -0.15) is 5.10 Å². The third-order valence-corrected chi connectivity index (χ3v) is 4.96. The summed E-state index contributed by atoms with van der Waals surface area (Å²) < 4.78 is 31.6. The number of halogens is 1. The Bertz CT molecular complexity index is 1090. The van der Waals surface area contributed by atoms with Crippen LogP contribution >= 0.6 is 0 Å². The molecule has 0 N–H and O–H groups in total. The van der Waals surface area contributed by atoms with Gasteiger partial charge in [0.1, 0.15) is 11.4 Å². The van der Waals surface area contributed by atoms with Gasteiger partial charge in [-0.3, -0.25) is 0 Å². The minimum atomic E-state index is -0.495. The second-order valence-electron chi connectivity index (χ2n) is 6.91. The summed E-state index contributed by atoms with van der Waals surface area (Å²) in [6.07, 6.45) is 4.96. The van der Waals surface area contributed by atoms with Crippen LogP contribution in [0, 0.1) is 5.82 Å². The van der Waals surface area contributed by atoms with Crippen molar-refractivity contribution >= 4 is 17.4 Å². The molecule has 0 aromatic carbocycles.